The first-order valence-electron chi connectivity index (χ1n) is 9.98. The number of rotatable bonds is 5. The highest BCUT2D eigenvalue weighted by molar-refractivity contribution is 7.99. The minimum atomic E-state index is -0.642. The zero-order chi connectivity index (χ0) is 24.2. The van der Waals surface area contributed by atoms with E-state index in [-0.39, 0.29) is 23.0 Å². The SMILES string of the molecule is COc1ccc(Sc2ccccc2C2N=C(NC#N)Nc3nc(N)c(C#N)c(N)c32)cc1OC. The summed E-state index contributed by atoms with van der Waals surface area (Å²) in [6, 6.07) is 14.7. The summed E-state index contributed by atoms with van der Waals surface area (Å²) in [6.45, 7) is 0. The Kier molecular flexibility index (Phi) is 6.30. The van der Waals surface area contributed by atoms with Crippen LogP contribution in [-0.4, -0.2) is 25.2 Å². The molecule has 0 saturated heterocycles. The lowest BCUT2D eigenvalue weighted by molar-refractivity contribution is 0.354. The lowest BCUT2D eigenvalue weighted by atomic mass is 9.95. The predicted octanol–water partition coefficient (Wildman–Crippen LogP) is 3.23. The fourth-order valence-electron chi connectivity index (χ4n) is 3.61. The monoisotopic (exact) mass is 472 g/mol. The van der Waals surface area contributed by atoms with Gasteiger partial charge in [0, 0.05) is 15.4 Å². The zero-order valence-electron chi connectivity index (χ0n) is 18.3. The topological polar surface area (TPSA) is 167 Å². The lowest BCUT2D eigenvalue weighted by Gasteiger charge is -2.27. The van der Waals surface area contributed by atoms with Crippen LogP contribution in [0.3, 0.4) is 0 Å². The Bertz CT molecular complexity index is 1380. The smallest absolute Gasteiger partial charge is 0.211 e. The number of nitrogens with zero attached hydrogens (tertiary/aromatic N) is 4. The van der Waals surface area contributed by atoms with Crippen molar-refractivity contribution in [3.8, 4) is 23.8 Å². The van der Waals surface area contributed by atoms with E-state index in [4.69, 9.17) is 26.2 Å². The number of pyridine rings is 1. The summed E-state index contributed by atoms with van der Waals surface area (Å²) in [5, 5.41) is 24.1. The Labute approximate surface area is 200 Å². The van der Waals surface area contributed by atoms with E-state index in [9.17, 15) is 5.26 Å². The number of nitrogens with one attached hydrogen (secondary N) is 2. The van der Waals surface area contributed by atoms with E-state index >= 15 is 0 Å². The molecule has 0 radical (unpaired) electrons. The van der Waals surface area contributed by atoms with Gasteiger partial charge in [-0.1, -0.05) is 30.0 Å². The number of nitrogens with two attached hydrogens (primary N) is 2. The minimum absolute atomic E-state index is 0.00352. The van der Waals surface area contributed by atoms with Crippen LogP contribution in [0, 0.1) is 22.8 Å². The van der Waals surface area contributed by atoms with Crippen LogP contribution in [-0.2, 0) is 0 Å². The van der Waals surface area contributed by atoms with Gasteiger partial charge in [0.25, 0.3) is 0 Å². The van der Waals surface area contributed by atoms with E-state index in [0.717, 1.165) is 15.4 Å². The molecule has 0 saturated carbocycles. The first kappa shape index (κ1) is 22.6. The maximum atomic E-state index is 9.55. The molecule has 0 amide bonds. The molecule has 2 heterocycles. The number of ether oxygens (including phenoxy) is 2. The number of anilines is 3. The Morgan fingerprint density at radius 2 is 1.85 bits per heavy atom. The summed E-state index contributed by atoms with van der Waals surface area (Å²) in [5.74, 6) is 1.76. The molecule has 1 aliphatic heterocycles. The lowest BCUT2D eigenvalue weighted by Crippen LogP contribution is -2.32. The summed E-state index contributed by atoms with van der Waals surface area (Å²) < 4.78 is 10.8. The van der Waals surface area contributed by atoms with Gasteiger partial charge in [-0.05, 0) is 29.8 Å². The van der Waals surface area contributed by atoms with Crippen LogP contribution in [0.5, 0.6) is 11.5 Å². The van der Waals surface area contributed by atoms with Gasteiger partial charge in [-0.15, -0.1) is 0 Å². The standard InChI is InChI=1S/C23H20N8O2S/c1-32-15-8-7-12(9-16(15)33-2)34-17-6-4-3-5-13(17)20-18-19(26)14(10-24)21(27)30-22(18)31-23(29-20)28-11-25/h3-9,20H,1-2H3,(H6,26,27,28,29,30,31). The van der Waals surface area contributed by atoms with Gasteiger partial charge < -0.3 is 26.3 Å². The third-order valence-electron chi connectivity index (χ3n) is 5.15. The highest BCUT2D eigenvalue weighted by Gasteiger charge is 2.31. The average molecular weight is 473 g/mol. The number of benzene rings is 2. The third-order valence-corrected chi connectivity index (χ3v) is 6.24. The van der Waals surface area contributed by atoms with E-state index < -0.39 is 6.04 Å². The number of methoxy groups -OCH3 is 2. The Balaban J connectivity index is 1.84. The van der Waals surface area contributed by atoms with Crippen molar-refractivity contribution in [1.29, 1.82) is 10.5 Å². The molecule has 1 atom stereocenters. The first-order chi connectivity index (χ1) is 16.5. The average Bonchev–Trinajstić information content (AvgIpc) is 2.84. The maximum Gasteiger partial charge on any atom is 0.211 e. The van der Waals surface area contributed by atoms with E-state index in [1.807, 2.05) is 54.7 Å². The number of aliphatic imine (C=N–C) groups is 1. The van der Waals surface area contributed by atoms with Crippen LogP contribution in [0.4, 0.5) is 17.3 Å². The third kappa shape index (κ3) is 4.08. The molecule has 1 unspecified atom stereocenters. The molecule has 3 aromatic rings. The second-order valence-corrected chi connectivity index (χ2v) is 8.17. The molecule has 0 fully saturated rings. The molecule has 1 aliphatic rings. The molecule has 4 rings (SSSR count). The minimum Gasteiger partial charge on any atom is -0.493 e. The number of hydrogen-bond acceptors (Lipinski definition) is 11. The Hall–Kier alpha value is -4.61. The molecule has 2 aromatic carbocycles. The highest BCUT2D eigenvalue weighted by Crippen LogP contribution is 2.45. The van der Waals surface area contributed by atoms with Crippen molar-refractivity contribution in [2.24, 2.45) is 4.99 Å². The molecule has 0 bridgehead atoms. The molecule has 6 N–H and O–H groups in total. The molecule has 11 heteroatoms. The molecule has 0 aliphatic carbocycles. The van der Waals surface area contributed by atoms with Crippen LogP contribution in [0.1, 0.15) is 22.7 Å². The Morgan fingerprint density at radius 3 is 2.56 bits per heavy atom. The summed E-state index contributed by atoms with van der Waals surface area (Å²) >= 11 is 1.50. The Morgan fingerprint density at radius 1 is 1.09 bits per heavy atom. The van der Waals surface area contributed by atoms with Crippen molar-refractivity contribution in [1.82, 2.24) is 10.3 Å². The molecule has 34 heavy (non-hydrogen) atoms. The number of nitrogen functional groups attached to an aromatic ring is 2. The second kappa shape index (κ2) is 9.48. The van der Waals surface area contributed by atoms with E-state index in [2.05, 4.69) is 20.6 Å². The highest BCUT2D eigenvalue weighted by atomic mass is 32.2. The van der Waals surface area contributed by atoms with E-state index in [0.29, 0.717) is 22.9 Å². The van der Waals surface area contributed by atoms with Crippen molar-refractivity contribution in [3.05, 3.63) is 59.2 Å². The number of nitriles is 2. The van der Waals surface area contributed by atoms with Crippen molar-refractivity contribution < 1.29 is 9.47 Å². The fourth-order valence-corrected chi connectivity index (χ4v) is 4.61. The van der Waals surface area contributed by atoms with Gasteiger partial charge in [-0.25, -0.2) is 9.98 Å². The largest absolute Gasteiger partial charge is 0.493 e. The molecule has 170 valence electrons. The van der Waals surface area contributed by atoms with Gasteiger partial charge in [-0.2, -0.15) is 10.5 Å². The van der Waals surface area contributed by atoms with Gasteiger partial charge >= 0.3 is 0 Å². The fraction of sp³-hybridized carbons (Fsp3) is 0.130. The molecular formula is C23H20N8O2S. The maximum absolute atomic E-state index is 9.55. The van der Waals surface area contributed by atoms with Crippen molar-refractivity contribution >= 4 is 35.0 Å². The number of guanidine groups is 1. The van der Waals surface area contributed by atoms with Crippen LogP contribution in [0.2, 0.25) is 0 Å². The van der Waals surface area contributed by atoms with Gasteiger partial charge in [0.2, 0.25) is 5.96 Å². The van der Waals surface area contributed by atoms with Gasteiger partial charge in [-0.3, -0.25) is 5.32 Å². The molecule has 1 aromatic heterocycles. The summed E-state index contributed by atoms with van der Waals surface area (Å²) in [4.78, 5) is 10.8. The van der Waals surface area contributed by atoms with Gasteiger partial charge in [0.15, 0.2) is 17.7 Å². The zero-order valence-corrected chi connectivity index (χ0v) is 19.1. The van der Waals surface area contributed by atoms with Crippen molar-refractivity contribution in [3.63, 3.8) is 0 Å². The van der Waals surface area contributed by atoms with Crippen molar-refractivity contribution in [2.45, 2.75) is 15.8 Å². The molecule has 10 nitrogen and oxygen atoms in total. The van der Waals surface area contributed by atoms with E-state index in [1.165, 1.54) is 11.8 Å². The predicted molar refractivity (Wildman–Crippen MR) is 130 cm³/mol. The van der Waals surface area contributed by atoms with Crippen LogP contribution in [0.25, 0.3) is 0 Å². The van der Waals surface area contributed by atoms with E-state index in [1.54, 1.807) is 14.2 Å². The number of aromatic nitrogens is 1. The normalized spacial score (nSPS) is 14.0. The van der Waals surface area contributed by atoms with Crippen LogP contribution >= 0.6 is 11.8 Å². The van der Waals surface area contributed by atoms with Crippen LogP contribution in [0.15, 0.2) is 57.2 Å². The van der Waals surface area contributed by atoms with Crippen LogP contribution < -0.4 is 31.6 Å². The van der Waals surface area contributed by atoms with Crippen molar-refractivity contribution in [2.75, 3.05) is 31.0 Å². The summed E-state index contributed by atoms with van der Waals surface area (Å²) in [7, 11) is 3.17. The molecule has 0 spiro atoms. The summed E-state index contributed by atoms with van der Waals surface area (Å²) in [5.41, 5.74) is 13.9. The quantitative estimate of drug-likeness (QED) is 0.319. The van der Waals surface area contributed by atoms with Gasteiger partial charge in [0.05, 0.1) is 19.9 Å². The number of hydrogen-bond donors (Lipinski definition) is 4. The van der Waals surface area contributed by atoms with Gasteiger partial charge in [0.1, 0.15) is 29.3 Å². The summed E-state index contributed by atoms with van der Waals surface area (Å²) in [6.07, 6.45) is 1.85. The second-order valence-electron chi connectivity index (χ2n) is 7.06. The molecular weight excluding hydrogens is 452 g/mol. The first-order valence-corrected chi connectivity index (χ1v) is 10.8. The number of fused-ring (bicyclic) bond motifs is 1.